The third-order valence-electron chi connectivity index (χ3n) is 4.26. The van der Waals surface area contributed by atoms with Crippen LogP contribution in [0.3, 0.4) is 0 Å². The molecular weight excluding hydrogens is 404 g/mol. The Morgan fingerprint density at radius 2 is 1.79 bits per heavy atom. The van der Waals surface area contributed by atoms with Gasteiger partial charge in [-0.3, -0.25) is 9.59 Å². The Balaban J connectivity index is 3.28. The van der Waals surface area contributed by atoms with E-state index in [2.05, 4.69) is 4.74 Å². The fraction of sp³-hybridized carbons (Fsp3) is 0.579. The summed E-state index contributed by atoms with van der Waals surface area (Å²) in [6.45, 7) is 7.96. The van der Waals surface area contributed by atoms with Gasteiger partial charge in [-0.05, 0) is 38.0 Å². The SMILES string of the molecule is COC(=O)CCN(CC(C)C)C(=O)c1cc(S(=O)(=O)N(C)C(C)C)ccc1Cl. The molecule has 0 unspecified atom stereocenters. The number of esters is 1. The van der Waals surface area contributed by atoms with Crippen LogP contribution in [0.1, 0.15) is 44.5 Å². The minimum absolute atomic E-state index is 0.00563. The van der Waals surface area contributed by atoms with Crippen molar-refractivity contribution in [2.24, 2.45) is 5.92 Å². The summed E-state index contributed by atoms with van der Waals surface area (Å²) in [5.41, 5.74) is 0.0883. The van der Waals surface area contributed by atoms with Gasteiger partial charge in [0.05, 0.1) is 29.0 Å². The summed E-state index contributed by atoms with van der Waals surface area (Å²) in [4.78, 5) is 26.0. The van der Waals surface area contributed by atoms with Crippen LogP contribution in [0.25, 0.3) is 0 Å². The number of carbonyl (C=O) groups is 2. The van der Waals surface area contributed by atoms with E-state index >= 15 is 0 Å². The molecule has 0 aliphatic carbocycles. The maximum atomic E-state index is 13.1. The largest absolute Gasteiger partial charge is 0.469 e. The first-order valence-electron chi connectivity index (χ1n) is 9.05. The number of sulfonamides is 1. The van der Waals surface area contributed by atoms with Crippen molar-refractivity contribution >= 4 is 33.5 Å². The number of nitrogens with zero attached hydrogens (tertiary/aromatic N) is 2. The highest BCUT2D eigenvalue weighted by atomic mass is 35.5. The van der Waals surface area contributed by atoms with Crippen molar-refractivity contribution < 1.29 is 22.7 Å². The number of carbonyl (C=O) groups excluding carboxylic acids is 2. The molecule has 28 heavy (non-hydrogen) atoms. The average molecular weight is 433 g/mol. The fourth-order valence-electron chi connectivity index (χ4n) is 2.49. The molecular formula is C19H29ClN2O5S. The van der Waals surface area contributed by atoms with Gasteiger partial charge in [-0.25, -0.2) is 8.42 Å². The first-order chi connectivity index (χ1) is 12.9. The minimum Gasteiger partial charge on any atom is -0.469 e. The molecule has 0 radical (unpaired) electrons. The van der Waals surface area contributed by atoms with E-state index < -0.39 is 21.9 Å². The Kier molecular flexibility index (Phi) is 8.91. The lowest BCUT2D eigenvalue weighted by molar-refractivity contribution is -0.140. The van der Waals surface area contributed by atoms with E-state index in [0.717, 1.165) is 0 Å². The van der Waals surface area contributed by atoms with Crippen molar-refractivity contribution in [3.8, 4) is 0 Å². The van der Waals surface area contributed by atoms with Gasteiger partial charge in [-0.15, -0.1) is 0 Å². The molecule has 0 N–H and O–H groups in total. The first-order valence-corrected chi connectivity index (χ1v) is 10.9. The van der Waals surface area contributed by atoms with Crippen molar-refractivity contribution in [2.45, 2.75) is 45.1 Å². The van der Waals surface area contributed by atoms with Gasteiger partial charge in [0.2, 0.25) is 10.0 Å². The van der Waals surface area contributed by atoms with E-state index in [9.17, 15) is 18.0 Å². The van der Waals surface area contributed by atoms with Crippen LogP contribution < -0.4 is 0 Å². The molecule has 1 aromatic rings. The number of rotatable bonds is 9. The third-order valence-corrected chi connectivity index (χ3v) is 6.62. The predicted octanol–water partition coefficient (Wildman–Crippen LogP) is 3.03. The molecule has 158 valence electrons. The third kappa shape index (κ3) is 6.18. The molecule has 1 aromatic carbocycles. The van der Waals surface area contributed by atoms with Gasteiger partial charge in [0.1, 0.15) is 0 Å². The van der Waals surface area contributed by atoms with Crippen LogP contribution in [-0.2, 0) is 19.6 Å². The number of hydrogen-bond acceptors (Lipinski definition) is 5. The van der Waals surface area contributed by atoms with Gasteiger partial charge < -0.3 is 9.64 Å². The molecule has 1 amide bonds. The van der Waals surface area contributed by atoms with Crippen LogP contribution in [0, 0.1) is 5.92 Å². The van der Waals surface area contributed by atoms with Crippen LogP contribution in [0.2, 0.25) is 5.02 Å². The number of amides is 1. The molecule has 0 aliphatic heterocycles. The van der Waals surface area contributed by atoms with Gasteiger partial charge in [-0.1, -0.05) is 25.4 Å². The molecule has 7 nitrogen and oxygen atoms in total. The summed E-state index contributed by atoms with van der Waals surface area (Å²) >= 11 is 6.21. The molecule has 1 rings (SSSR count). The summed E-state index contributed by atoms with van der Waals surface area (Å²) in [5, 5.41) is 0.156. The van der Waals surface area contributed by atoms with E-state index in [1.54, 1.807) is 13.8 Å². The van der Waals surface area contributed by atoms with Crippen LogP contribution in [-0.4, -0.2) is 62.8 Å². The molecule has 0 aromatic heterocycles. The molecule has 0 spiro atoms. The van der Waals surface area contributed by atoms with Gasteiger partial charge in [0.25, 0.3) is 5.91 Å². The molecule has 0 saturated heterocycles. The lowest BCUT2D eigenvalue weighted by Gasteiger charge is -2.25. The van der Waals surface area contributed by atoms with Crippen LogP contribution >= 0.6 is 11.6 Å². The monoisotopic (exact) mass is 432 g/mol. The van der Waals surface area contributed by atoms with E-state index in [1.165, 1.54) is 41.6 Å². The number of halogens is 1. The van der Waals surface area contributed by atoms with E-state index in [4.69, 9.17) is 11.6 Å². The van der Waals surface area contributed by atoms with Gasteiger partial charge >= 0.3 is 5.97 Å². The van der Waals surface area contributed by atoms with E-state index in [1.807, 2.05) is 13.8 Å². The molecule has 0 atom stereocenters. The predicted molar refractivity (Wildman–Crippen MR) is 109 cm³/mol. The zero-order chi connectivity index (χ0) is 21.6. The van der Waals surface area contributed by atoms with Gasteiger partial charge in [0.15, 0.2) is 0 Å². The Morgan fingerprint density at radius 3 is 2.29 bits per heavy atom. The number of ether oxygens (including phenoxy) is 1. The normalized spacial score (nSPS) is 11.9. The Hall–Kier alpha value is -1.64. The van der Waals surface area contributed by atoms with Crippen LogP contribution in [0.5, 0.6) is 0 Å². The molecule has 0 fully saturated rings. The fourth-order valence-corrected chi connectivity index (χ4v) is 4.08. The average Bonchev–Trinajstić information content (AvgIpc) is 2.63. The van der Waals surface area contributed by atoms with Crippen LogP contribution in [0.15, 0.2) is 23.1 Å². The summed E-state index contributed by atoms with van der Waals surface area (Å²) in [5.74, 6) is -0.700. The second kappa shape index (κ2) is 10.2. The van der Waals surface area contributed by atoms with Crippen molar-refractivity contribution in [3.05, 3.63) is 28.8 Å². The van der Waals surface area contributed by atoms with Gasteiger partial charge in [-0.2, -0.15) is 4.31 Å². The summed E-state index contributed by atoms with van der Waals surface area (Å²) < 4.78 is 31.4. The molecule has 0 saturated carbocycles. The molecule has 0 bridgehead atoms. The Morgan fingerprint density at radius 1 is 1.18 bits per heavy atom. The Labute approximate surface area is 172 Å². The molecule has 0 heterocycles. The first kappa shape index (κ1) is 24.4. The van der Waals surface area contributed by atoms with Crippen molar-refractivity contribution in [1.82, 2.24) is 9.21 Å². The standard InChI is InChI=1S/C19H29ClN2O5S/c1-13(2)12-22(10-9-18(23)27-6)19(24)16-11-15(7-8-17(16)20)28(25,26)21(5)14(3)4/h7-8,11,13-14H,9-10,12H2,1-6H3. The van der Waals surface area contributed by atoms with Gasteiger partial charge in [0, 0.05) is 26.2 Å². The van der Waals surface area contributed by atoms with E-state index in [0.29, 0.717) is 6.54 Å². The molecule has 0 aliphatic rings. The quantitative estimate of drug-likeness (QED) is 0.560. The van der Waals surface area contributed by atoms with Crippen molar-refractivity contribution in [2.75, 3.05) is 27.2 Å². The summed E-state index contributed by atoms with van der Waals surface area (Å²) in [6.07, 6.45) is 0.0423. The smallest absolute Gasteiger partial charge is 0.307 e. The second-order valence-corrected chi connectivity index (χ2v) is 9.63. The summed E-state index contributed by atoms with van der Waals surface area (Å²) in [6, 6.07) is 3.85. The lowest BCUT2D eigenvalue weighted by Crippen LogP contribution is -2.36. The highest BCUT2D eigenvalue weighted by molar-refractivity contribution is 7.89. The number of methoxy groups -OCH3 is 1. The summed E-state index contributed by atoms with van der Waals surface area (Å²) in [7, 11) is -0.991. The number of benzene rings is 1. The zero-order valence-electron chi connectivity index (χ0n) is 17.2. The topological polar surface area (TPSA) is 84.0 Å². The lowest BCUT2D eigenvalue weighted by atomic mass is 10.1. The number of hydrogen-bond donors (Lipinski definition) is 0. The van der Waals surface area contributed by atoms with E-state index in [-0.39, 0.29) is 40.4 Å². The Bertz CT molecular complexity index is 809. The minimum atomic E-state index is -3.76. The zero-order valence-corrected chi connectivity index (χ0v) is 18.8. The maximum Gasteiger partial charge on any atom is 0.307 e. The van der Waals surface area contributed by atoms with Crippen LogP contribution in [0.4, 0.5) is 0 Å². The highest BCUT2D eigenvalue weighted by Crippen LogP contribution is 2.25. The van der Waals surface area contributed by atoms with Crippen molar-refractivity contribution in [1.29, 1.82) is 0 Å². The maximum absolute atomic E-state index is 13.1. The molecule has 9 heteroatoms. The second-order valence-electron chi connectivity index (χ2n) is 7.23. The van der Waals surface area contributed by atoms with Crippen molar-refractivity contribution in [3.63, 3.8) is 0 Å². The highest BCUT2D eigenvalue weighted by Gasteiger charge is 2.27.